The number of rotatable bonds is 3. The number of aliphatic hydroxyl groups excluding tert-OH is 1. The fraction of sp³-hybridized carbons (Fsp3) is 0.500. The molecule has 1 saturated carbocycles. The van der Waals surface area contributed by atoms with E-state index in [2.05, 4.69) is 0 Å². The van der Waals surface area contributed by atoms with Gasteiger partial charge in [0.25, 0.3) is 0 Å². The summed E-state index contributed by atoms with van der Waals surface area (Å²) < 4.78 is 9.70. The molecule has 6 heteroatoms. The zero-order valence-electron chi connectivity index (χ0n) is 11.0. The van der Waals surface area contributed by atoms with E-state index in [9.17, 15) is 20.0 Å². The van der Waals surface area contributed by atoms with Crippen molar-refractivity contribution < 1.29 is 23.8 Å². The van der Waals surface area contributed by atoms with Gasteiger partial charge in [0.05, 0.1) is 31.8 Å². The molecule has 0 radical (unpaired) electrons. The molecule has 106 valence electrons. The minimum Gasteiger partial charge on any atom is -0.472 e. The molecule has 1 N–H and O–H groups in total. The van der Waals surface area contributed by atoms with Crippen molar-refractivity contribution in [3.05, 3.63) is 24.2 Å². The van der Waals surface area contributed by atoms with Crippen LogP contribution in [0.15, 0.2) is 23.0 Å². The van der Waals surface area contributed by atoms with Crippen LogP contribution >= 0.6 is 0 Å². The largest absolute Gasteiger partial charge is 0.472 e. The van der Waals surface area contributed by atoms with Crippen molar-refractivity contribution >= 4 is 12.3 Å². The Morgan fingerprint density at radius 2 is 2.40 bits per heavy atom. The van der Waals surface area contributed by atoms with E-state index in [-0.39, 0.29) is 6.42 Å². The number of carbonyl (C=O) groups excluding carboxylic acids is 2. The van der Waals surface area contributed by atoms with Crippen LogP contribution in [-0.2, 0) is 14.3 Å². The number of nitrogens with zero attached hydrogens (tertiary/aromatic N) is 1. The molecule has 1 heterocycles. The highest BCUT2D eigenvalue weighted by molar-refractivity contribution is 5.83. The number of hydrogen-bond acceptors (Lipinski definition) is 6. The van der Waals surface area contributed by atoms with Crippen LogP contribution in [0.1, 0.15) is 24.3 Å². The molecule has 1 fully saturated rings. The van der Waals surface area contributed by atoms with Gasteiger partial charge in [-0.2, -0.15) is 5.26 Å². The third-order valence-corrected chi connectivity index (χ3v) is 4.00. The normalized spacial score (nSPS) is 33.1. The SMILES string of the molecule is COC(=O)[C@@]1(C#N)[C@H](O)CC[C@@H](C=O)[C@@H]1c1ccoc1. The molecule has 0 aromatic carbocycles. The molecular formula is C14H15NO5. The second-order valence-corrected chi connectivity index (χ2v) is 4.90. The number of hydrogen-bond donors (Lipinski definition) is 1. The van der Waals surface area contributed by atoms with Crippen LogP contribution in [0, 0.1) is 22.7 Å². The Morgan fingerprint density at radius 1 is 1.65 bits per heavy atom. The first-order chi connectivity index (χ1) is 9.61. The molecule has 0 aliphatic heterocycles. The molecule has 0 bridgehead atoms. The second-order valence-electron chi connectivity index (χ2n) is 4.90. The molecule has 1 aromatic rings. The first kappa shape index (κ1) is 14.3. The molecule has 0 unspecified atom stereocenters. The number of furan rings is 1. The van der Waals surface area contributed by atoms with Crippen LogP contribution < -0.4 is 0 Å². The minimum absolute atomic E-state index is 0.195. The first-order valence-electron chi connectivity index (χ1n) is 6.27. The standard InChI is InChI=1S/C14H15NO5/c1-19-13(18)14(8-15)11(17)3-2-9(6-16)12(14)10-4-5-20-7-10/h4-7,9,11-12,17H,2-3H2,1H3/t9-,11+,12+,14-/m0/s1. The monoisotopic (exact) mass is 277 g/mol. The molecule has 1 aliphatic rings. The van der Waals surface area contributed by atoms with E-state index in [1.165, 1.54) is 12.5 Å². The number of ether oxygens (including phenoxy) is 1. The fourth-order valence-electron chi connectivity index (χ4n) is 3.02. The highest BCUT2D eigenvalue weighted by atomic mass is 16.5. The van der Waals surface area contributed by atoms with Gasteiger partial charge in [-0.1, -0.05) is 0 Å². The summed E-state index contributed by atoms with van der Waals surface area (Å²) in [6.07, 6.45) is 2.92. The third-order valence-electron chi connectivity index (χ3n) is 4.00. The Hall–Kier alpha value is -2.13. The Kier molecular flexibility index (Phi) is 3.91. The van der Waals surface area contributed by atoms with Gasteiger partial charge in [-0.05, 0) is 24.5 Å². The molecule has 2 rings (SSSR count). The van der Waals surface area contributed by atoms with E-state index in [0.717, 1.165) is 13.4 Å². The van der Waals surface area contributed by atoms with Gasteiger partial charge in [0.2, 0.25) is 0 Å². The van der Waals surface area contributed by atoms with Crippen LogP contribution in [0.5, 0.6) is 0 Å². The maximum atomic E-state index is 12.1. The topological polar surface area (TPSA) is 101 Å². The lowest BCUT2D eigenvalue weighted by Gasteiger charge is -2.42. The highest BCUT2D eigenvalue weighted by Gasteiger charge is 2.59. The van der Waals surface area contributed by atoms with Gasteiger partial charge in [-0.25, -0.2) is 0 Å². The van der Waals surface area contributed by atoms with Crippen LogP contribution in [0.3, 0.4) is 0 Å². The molecule has 6 nitrogen and oxygen atoms in total. The predicted octanol–water partition coefficient (Wildman–Crippen LogP) is 1.02. The smallest absolute Gasteiger partial charge is 0.329 e. The molecule has 0 amide bonds. The van der Waals surface area contributed by atoms with Gasteiger partial charge in [-0.3, -0.25) is 4.79 Å². The van der Waals surface area contributed by atoms with E-state index >= 15 is 0 Å². The number of methoxy groups -OCH3 is 1. The number of aliphatic hydroxyl groups is 1. The lowest BCUT2D eigenvalue weighted by Crippen LogP contribution is -2.52. The molecule has 1 aromatic heterocycles. The van der Waals surface area contributed by atoms with Crippen LogP contribution in [0.25, 0.3) is 0 Å². The minimum atomic E-state index is -1.79. The third kappa shape index (κ3) is 1.91. The van der Waals surface area contributed by atoms with Crippen molar-refractivity contribution in [2.24, 2.45) is 11.3 Å². The quantitative estimate of drug-likeness (QED) is 0.653. The predicted molar refractivity (Wildman–Crippen MR) is 66.3 cm³/mol. The van der Waals surface area contributed by atoms with Gasteiger partial charge < -0.3 is 19.1 Å². The molecular weight excluding hydrogens is 262 g/mol. The summed E-state index contributed by atoms with van der Waals surface area (Å²) >= 11 is 0. The Morgan fingerprint density at radius 3 is 2.90 bits per heavy atom. The number of esters is 1. The molecule has 20 heavy (non-hydrogen) atoms. The van der Waals surface area contributed by atoms with Crippen molar-refractivity contribution in [3.8, 4) is 6.07 Å². The van der Waals surface area contributed by atoms with Crippen molar-refractivity contribution in [3.63, 3.8) is 0 Å². The van der Waals surface area contributed by atoms with E-state index < -0.39 is 29.3 Å². The fourth-order valence-corrected chi connectivity index (χ4v) is 3.02. The van der Waals surface area contributed by atoms with Gasteiger partial charge in [0.1, 0.15) is 6.29 Å². The second kappa shape index (κ2) is 5.47. The lowest BCUT2D eigenvalue weighted by atomic mass is 9.59. The zero-order valence-corrected chi connectivity index (χ0v) is 11.0. The summed E-state index contributed by atoms with van der Waals surface area (Å²) in [4.78, 5) is 23.5. The number of nitriles is 1. The highest BCUT2D eigenvalue weighted by Crippen LogP contribution is 2.50. The molecule has 0 spiro atoms. The van der Waals surface area contributed by atoms with Crippen LogP contribution in [0.2, 0.25) is 0 Å². The first-order valence-corrected chi connectivity index (χ1v) is 6.27. The summed E-state index contributed by atoms with van der Waals surface area (Å²) in [5.74, 6) is -2.15. The summed E-state index contributed by atoms with van der Waals surface area (Å²) in [7, 11) is 1.16. The van der Waals surface area contributed by atoms with E-state index in [1.807, 2.05) is 6.07 Å². The Balaban J connectivity index is 2.60. The maximum absolute atomic E-state index is 12.1. The lowest BCUT2D eigenvalue weighted by molar-refractivity contribution is -0.161. The maximum Gasteiger partial charge on any atom is 0.329 e. The van der Waals surface area contributed by atoms with E-state index in [0.29, 0.717) is 12.0 Å². The van der Waals surface area contributed by atoms with Gasteiger partial charge in [0, 0.05) is 11.8 Å². The molecule has 1 aliphatic carbocycles. The van der Waals surface area contributed by atoms with Crippen molar-refractivity contribution in [2.45, 2.75) is 24.9 Å². The van der Waals surface area contributed by atoms with Gasteiger partial charge in [0.15, 0.2) is 5.41 Å². The summed E-state index contributed by atoms with van der Waals surface area (Å²) in [6.45, 7) is 0. The van der Waals surface area contributed by atoms with Gasteiger partial charge >= 0.3 is 5.97 Å². The number of aldehydes is 1. The van der Waals surface area contributed by atoms with Crippen molar-refractivity contribution in [2.75, 3.05) is 7.11 Å². The average molecular weight is 277 g/mol. The zero-order chi connectivity index (χ0) is 14.8. The van der Waals surface area contributed by atoms with Crippen molar-refractivity contribution in [1.82, 2.24) is 0 Å². The van der Waals surface area contributed by atoms with Crippen LogP contribution in [0.4, 0.5) is 0 Å². The van der Waals surface area contributed by atoms with E-state index in [1.54, 1.807) is 6.07 Å². The molecule has 0 saturated heterocycles. The Labute approximate surface area is 115 Å². The number of carbonyl (C=O) groups is 2. The summed E-state index contributed by atoms with van der Waals surface area (Å²) in [5, 5.41) is 19.8. The summed E-state index contributed by atoms with van der Waals surface area (Å²) in [5.41, 5.74) is -1.25. The van der Waals surface area contributed by atoms with Crippen LogP contribution in [-0.4, -0.2) is 30.6 Å². The average Bonchev–Trinajstić information content (AvgIpc) is 3.00. The van der Waals surface area contributed by atoms with Crippen molar-refractivity contribution in [1.29, 1.82) is 5.26 Å². The summed E-state index contributed by atoms with van der Waals surface area (Å²) in [6, 6.07) is 3.49. The Bertz CT molecular complexity index is 532. The molecule has 4 atom stereocenters. The van der Waals surface area contributed by atoms with Gasteiger partial charge in [-0.15, -0.1) is 0 Å². The van der Waals surface area contributed by atoms with E-state index in [4.69, 9.17) is 9.15 Å².